The fraction of sp³-hybridized carbons (Fsp3) is 0.533. The number of nitrogens with one attached hydrogen (secondary N) is 1. The first-order chi connectivity index (χ1) is 9.24. The summed E-state index contributed by atoms with van der Waals surface area (Å²) in [5.41, 5.74) is 6.79. The highest BCUT2D eigenvalue weighted by atomic mass is 16.5. The van der Waals surface area contributed by atoms with Gasteiger partial charge in [-0.05, 0) is 37.8 Å². The molecule has 1 amide bonds. The van der Waals surface area contributed by atoms with E-state index in [0.29, 0.717) is 25.6 Å². The Morgan fingerprint density at radius 1 is 1.47 bits per heavy atom. The lowest BCUT2D eigenvalue weighted by atomic mass is 9.98. The Balaban J connectivity index is 2.02. The number of ether oxygens (including phenoxy) is 1. The van der Waals surface area contributed by atoms with Crippen LogP contribution in [0.5, 0.6) is 5.75 Å². The van der Waals surface area contributed by atoms with Crippen molar-refractivity contribution >= 4 is 5.91 Å². The van der Waals surface area contributed by atoms with Gasteiger partial charge in [-0.3, -0.25) is 4.79 Å². The fourth-order valence-electron chi connectivity index (χ4n) is 2.06. The lowest BCUT2D eigenvalue weighted by molar-refractivity contribution is -0.124. The summed E-state index contributed by atoms with van der Waals surface area (Å²) in [5.74, 6) is 0.737. The van der Waals surface area contributed by atoms with Gasteiger partial charge in [-0.25, -0.2) is 0 Å². The van der Waals surface area contributed by atoms with Crippen LogP contribution in [-0.2, 0) is 11.2 Å². The first-order valence-electron chi connectivity index (χ1n) is 6.95. The van der Waals surface area contributed by atoms with Crippen LogP contribution < -0.4 is 15.8 Å². The van der Waals surface area contributed by atoms with Gasteiger partial charge in [-0.2, -0.15) is 0 Å². The number of para-hydroxylation sites is 1. The zero-order chi connectivity index (χ0) is 13.7. The molecule has 4 nitrogen and oxygen atoms in total. The van der Waals surface area contributed by atoms with Gasteiger partial charge in [0.05, 0.1) is 12.5 Å². The highest BCUT2D eigenvalue weighted by Gasteiger charge is 2.27. The van der Waals surface area contributed by atoms with Gasteiger partial charge in [0.1, 0.15) is 5.75 Å². The van der Waals surface area contributed by atoms with E-state index < -0.39 is 0 Å². The molecule has 0 aliphatic heterocycles. The van der Waals surface area contributed by atoms with Crippen molar-refractivity contribution in [2.75, 3.05) is 13.2 Å². The number of carbonyl (C=O) groups is 1. The molecule has 1 fully saturated rings. The average molecular weight is 262 g/mol. The predicted molar refractivity (Wildman–Crippen MR) is 75.0 cm³/mol. The molecule has 4 heteroatoms. The molecule has 0 heterocycles. The van der Waals surface area contributed by atoms with Crippen LogP contribution in [0, 0.1) is 5.92 Å². The van der Waals surface area contributed by atoms with Gasteiger partial charge >= 0.3 is 0 Å². The Morgan fingerprint density at radius 3 is 2.84 bits per heavy atom. The number of nitrogens with two attached hydrogens (primary N) is 1. The van der Waals surface area contributed by atoms with E-state index in [0.717, 1.165) is 24.2 Å². The first-order valence-corrected chi connectivity index (χ1v) is 6.95. The van der Waals surface area contributed by atoms with E-state index in [1.165, 1.54) is 0 Å². The second-order valence-electron chi connectivity index (χ2n) is 4.96. The van der Waals surface area contributed by atoms with Crippen molar-refractivity contribution in [3.63, 3.8) is 0 Å². The summed E-state index contributed by atoms with van der Waals surface area (Å²) in [6.07, 6.45) is 2.82. The maximum atomic E-state index is 12.1. The Kier molecular flexibility index (Phi) is 4.80. The standard InChI is InChI=1S/C15H22N2O2/c1-2-19-14-6-4-3-5-11(14)9-12(10-16)15(18)17-13-7-8-13/h3-6,12-13H,2,7-10,16H2,1H3,(H,17,18). The van der Waals surface area contributed by atoms with Crippen LogP contribution in [0.1, 0.15) is 25.3 Å². The van der Waals surface area contributed by atoms with Crippen molar-refractivity contribution in [2.45, 2.75) is 32.2 Å². The highest BCUT2D eigenvalue weighted by molar-refractivity contribution is 5.79. The van der Waals surface area contributed by atoms with Crippen LogP contribution in [0.2, 0.25) is 0 Å². The van der Waals surface area contributed by atoms with Gasteiger partial charge in [-0.1, -0.05) is 18.2 Å². The van der Waals surface area contributed by atoms with Crippen molar-refractivity contribution < 1.29 is 9.53 Å². The monoisotopic (exact) mass is 262 g/mol. The quantitative estimate of drug-likeness (QED) is 0.782. The molecule has 1 atom stereocenters. The normalized spacial score (nSPS) is 15.9. The molecule has 1 aliphatic rings. The lowest BCUT2D eigenvalue weighted by Gasteiger charge is -2.17. The summed E-state index contributed by atoms with van der Waals surface area (Å²) >= 11 is 0. The summed E-state index contributed by atoms with van der Waals surface area (Å²) in [4.78, 5) is 12.1. The second-order valence-corrected chi connectivity index (χ2v) is 4.96. The average Bonchev–Trinajstić information content (AvgIpc) is 3.21. The van der Waals surface area contributed by atoms with Crippen molar-refractivity contribution in [3.8, 4) is 5.75 Å². The number of hydrogen-bond acceptors (Lipinski definition) is 3. The lowest BCUT2D eigenvalue weighted by Crippen LogP contribution is -2.37. The second kappa shape index (κ2) is 6.57. The van der Waals surface area contributed by atoms with Crippen molar-refractivity contribution in [2.24, 2.45) is 11.7 Å². The SMILES string of the molecule is CCOc1ccccc1CC(CN)C(=O)NC1CC1. The number of amides is 1. The molecule has 0 spiro atoms. The number of rotatable bonds is 7. The van der Waals surface area contributed by atoms with E-state index in [2.05, 4.69) is 5.32 Å². The molecule has 0 radical (unpaired) electrons. The molecule has 1 aliphatic carbocycles. The maximum Gasteiger partial charge on any atom is 0.224 e. The van der Waals surface area contributed by atoms with E-state index in [1.807, 2.05) is 31.2 Å². The summed E-state index contributed by atoms with van der Waals surface area (Å²) in [6, 6.07) is 8.22. The Bertz CT molecular complexity index is 430. The van der Waals surface area contributed by atoms with Gasteiger partial charge in [0.2, 0.25) is 5.91 Å². The van der Waals surface area contributed by atoms with Crippen molar-refractivity contribution in [3.05, 3.63) is 29.8 Å². The largest absolute Gasteiger partial charge is 0.494 e. The molecular formula is C15H22N2O2. The molecule has 1 unspecified atom stereocenters. The van der Waals surface area contributed by atoms with Crippen LogP contribution in [0.25, 0.3) is 0 Å². The Morgan fingerprint density at radius 2 is 2.21 bits per heavy atom. The Hall–Kier alpha value is -1.55. The molecule has 104 valence electrons. The molecule has 1 saturated carbocycles. The molecule has 19 heavy (non-hydrogen) atoms. The van der Waals surface area contributed by atoms with E-state index in [4.69, 9.17) is 10.5 Å². The van der Waals surface area contributed by atoms with Gasteiger partial charge in [0.25, 0.3) is 0 Å². The number of carbonyl (C=O) groups excluding carboxylic acids is 1. The van der Waals surface area contributed by atoms with E-state index in [1.54, 1.807) is 0 Å². The fourth-order valence-corrected chi connectivity index (χ4v) is 2.06. The molecular weight excluding hydrogens is 240 g/mol. The van der Waals surface area contributed by atoms with Crippen LogP contribution in [0.3, 0.4) is 0 Å². The third-order valence-electron chi connectivity index (χ3n) is 3.32. The van der Waals surface area contributed by atoms with Crippen molar-refractivity contribution in [1.82, 2.24) is 5.32 Å². The van der Waals surface area contributed by atoms with Crippen LogP contribution in [0.15, 0.2) is 24.3 Å². The third-order valence-corrected chi connectivity index (χ3v) is 3.32. The predicted octanol–water partition coefficient (Wildman–Crippen LogP) is 1.48. The van der Waals surface area contributed by atoms with Crippen LogP contribution in [-0.4, -0.2) is 25.1 Å². The van der Waals surface area contributed by atoms with Crippen LogP contribution in [0.4, 0.5) is 0 Å². The first kappa shape index (κ1) is 13.9. The van der Waals surface area contributed by atoms with Crippen molar-refractivity contribution in [1.29, 1.82) is 0 Å². The minimum atomic E-state index is -0.179. The van der Waals surface area contributed by atoms with E-state index in [-0.39, 0.29) is 11.8 Å². The molecule has 3 N–H and O–H groups in total. The smallest absolute Gasteiger partial charge is 0.224 e. The minimum absolute atomic E-state index is 0.0660. The summed E-state index contributed by atoms with van der Waals surface area (Å²) in [6.45, 7) is 2.94. The van der Waals surface area contributed by atoms with E-state index >= 15 is 0 Å². The summed E-state index contributed by atoms with van der Waals surface area (Å²) in [5, 5.41) is 3.02. The summed E-state index contributed by atoms with van der Waals surface area (Å²) < 4.78 is 5.58. The third kappa shape index (κ3) is 3.96. The summed E-state index contributed by atoms with van der Waals surface area (Å²) in [7, 11) is 0. The Labute approximate surface area is 114 Å². The minimum Gasteiger partial charge on any atom is -0.494 e. The van der Waals surface area contributed by atoms with E-state index in [9.17, 15) is 4.79 Å². The zero-order valence-electron chi connectivity index (χ0n) is 11.4. The molecule has 0 saturated heterocycles. The van der Waals surface area contributed by atoms with Crippen LogP contribution >= 0.6 is 0 Å². The zero-order valence-corrected chi connectivity index (χ0v) is 11.4. The topological polar surface area (TPSA) is 64.3 Å². The molecule has 0 aromatic heterocycles. The highest BCUT2D eigenvalue weighted by Crippen LogP contribution is 2.23. The molecule has 2 rings (SSSR count). The van der Waals surface area contributed by atoms with Gasteiger partial charge in [0, 0.05) is 12.6 Å². The van der Waals surface area contributed by atoms with Gasteiger partial charge < -0.3 is 15.8 Å². The molecule has 1 aromatic rings. The number of hydrogen-bond donors (Lipinski definition) is 2. The molecule has 0 bridgehead atoms. The maximum absolute atomic E-state index is 12.1. The number of benzene rings is 1. The van der Waals surface area contributed by atoms with Gasteiger partial charge in [-0.15, -0.1) is 0 Å². The molecule has 1 aromatic carbocycles. The van der Waals surface area contributed by atoms with Gasteiger partial charge in [0.15, 0.2) is 0 Å².